The number of fused-ring (bicyclic) bond motifs is 1. The molecule has 3 unspecified atom stereocenters. The average Bonchev–Trinajstić information content (AvgIpc) is 3.15. The smallest absolute Gasteiger partial charge is 0.311 e. The van der Waals surface area contributed by atoms with Gasteiger partial charge in [-0.3, -0.25) is 4.79 Å². The lowest BCUT2D eigenvalue weighted by molar-refractivity contribution is -0.138. The number of halogens is 2. The third-order valence-electron chi connectivity index (χ3n) is 6.58. The van der Waals surface area contributed by atoms with Gasteiger partial charge in [0.2, 0.25) is 0 Å². The van der Waals surface area contributed by atoms with E-state index in [0.717, 1.165) is 5.56 Å². The van der Waals surface area contributed by atoms with Gasteiger partial charge in [-0.25, -0.2) is 0 Å². The van der Waals surface area contributed by atoms with Crippen LogP contribution in [-0.4, -0.2) is 21.3 Å². The molecule has 188 valence electrons. The Labute approximate surface area is 224 Å². The minimum Gasteiger partial charge on any atom is -0.481 e. The summed E-state index contributed by atoms with van der Waals surface area (Å²) in [5.74, 6) is -1.87. The molecule has 1 heterocycles. The summed E-state index contributed by atoms with van der Waals surface area (Å²) >= 11 is 12.7. The quantitative estimate of drug-likeness (QED) is 0.212. The number of aliphatic hydroxyl groups is 2. The Morgan fingerprint density at radius 3 is 2.08 bits per heavy atom. The van der Waals surface area contributed by atoms with Crippen molar-refractivity contribution in [3.63, 3.8) is 0 Å². The largest absolute Gasteiger partial charge is 0.481 e. The number of carboxylic acids is 1. The van der Waals surface area contributed by atoms with Gasteiger partial charge in [-0.05, 0) is 47.9 Å². The Balaban J connectivity index is 1.45. The Morgan fingerprint density at radius 1 is 0.838 bits per heavy atom. The van der Waals surface area contributed by atoms with Crippen LogP contribution < -0.4 is 10.2 Å². The summed E-state index contributed by atoms with van der Waals surface area (Å²) in [5, 5.41) is 36.0. The van der Waals surface area contributed by atoms with Crippen molar-refractivity contribution in [2.75, 3.05) is 10.2 Å². The third kappa shape index (κ3) is 4.89. The van der Waals surface area contributed by atoms with Gasteiger partial charge in [-0.1, -0.05) is 83.9 Å². The molecule has 5 rings (SSSR count). The van der Waals surface area contributed by atoms with Crippen LogP contribution in [0.4, 0.5) is 17.1 Å². The van der Waals surface area contributed by atoms with Crippen molar-refractivity contribution < 1.29 is 20.1 Å². The Bertz CT molecular complexity index is 1410. The number of aliphatic hydroxyl groups excluding tert-OH is 2. The van der Waals surface area contributed by atoms with Crippen LogP contribution in [0.25, 0.3) is 0 Å². The van der Waals surface area contributed by atoms with E-state index in [0.29, 0.717) is 43.8 Å². The molecule has 0 bridgehead atoms. The van der Waals surface area contributed by atoms with Gasteiger partial charge >= 0.3 is 5.97 Å². The highest BCUT2D eigenvalue weighted by Crippen LogP contribution is 2.43. The summed E-state index contributed by atoms with van der Waals surface area (Å²) in [5.41, 5.74) is 4.27. The fraction of sp³-hybridized carbons (Fsp3) is 0.138. The number of rotatable bonds is 7. The Morgan fingerprint density at radius 2 is 1.43 bits per heavy atom. The second-order valence-electron chi connectivity index (χ2n) is 8.86. The summed E-state index contributed by atoms with van der Waals surface area (Å²) in [7, 11) is 0. The van der Waals surface area contributed by atoms with Crippen LogP contribution in [0.5, 0.6) is 0 Å². The number of nitrogens with zero attached hydrogens (tertiary/aromatic N) is 1. The van der Waals surface area contributed by atoms with Gasteiger partial charge in [0.25, 0.3) is 0 Å². The van der Waals surface area contributed by atoms with Crippen molar-refractivity contribution in [2.24, 2.45) is 0 Å². The fourth-order valence-electron chi connectivity index (χ4n) is 4.77. The van der Waals surface area contributed by atoms with E-state index in [1.807, 2.05) is 24.3 Å². The Kier molecular flexibility index (Phi) is 7.09. The molecule has 0 radical (unpaired) electrons. The van der Waals surface area contributed by atoms with Crippen molar-refractivity contribution in [1.82, 2.24) is 0 Å². The number of nitrogens with one attached hydrogen (secondary N) is 1. The molecule has 4 N–H and O–H groups in total. The fourth-order valence-corrected chi connectivity index (χ4v) is 5.27. The van der Waals surface area contributed by atoms with E-state index in [1.54, 1.807) is 66.7 Å². The zero-order valence-corrected chi connectivity index (χ0v) is 21.1. The predicted octanol–water partition coefficient (Wildman–Crippen LogP) is 6.65. The second kappa shape index (κ2) is 10.4. The maximum atomic E-state index is 12.5. The number of aliphatic carboxylic acids is 1. The highest BCUT2D eigenvalue weighted by molar-refractivity contribution is 6.39. The van der Waals surface area contributed by atoms with Crippen LogP contribution in [0, 0.1) is 0 Å². The summed E-state index contributed by atoms with van der Waals surface area (Å²) in [4.78, 5) is 14.0. The highest BCUT2D eigenvalue weighted by Gasteiger charge is 2.36. The lowest BCUT2D eigenvalue weighted by Crippen LogP contribution is -2.25. The molecule has 0 saturated carbocycles. The normalized spacial score (nSPS) is 17.4. The van der Waals surface area contributed by atoms with E-state index in [2.05, 4.69) is 5.32 Å². The number of anilines is 3. The topological polar surface area (TPSA) is 93.0 Å². The number of carboxylic acid groups (broad SMARTS) is 1. The molecule has 1 aliphatic rings. The first-order valence-corrected chi connectivity index (χ1v) is 12.5. The van der Waals surface area contributed by atoms with Gasteiger partial charge in [0.1, 0.15) is 0 Å². The van der Waals surface area contributed by atoms with E-state index in [-0.39, 0.29) is 6.42 Å². The molecule has 0 amide bonds. The van der Waals surface area contributed by atoms with Crippen molar-refractivity contribution in [3.05, 3.63) is 123 Å². The minimum atomic E-state index is -1.01. The summed E-state index contributed by atoms with van der Waals surface area (Å²) in [6, 6.07) is 26.7. The molecule has 0 aromatic heterocycles. The van der Waals surface area contributed by atoms with Crippen LogP contribution in [-0.2, 0) is 11.2 Å². The van der Waals surface area contributed by atoms with E-state index in [1.165, 1.54) is 4.90 Å². The third-order valence-corrected chi connectivity index (χ3v) is 7.21. The van der Waals surface area contributed by atoms with Gasteiger partial charge in [0.05, 0.1) is 21.7 Å². The number of para-hydroxylation sites is 2. The molecule has 6 nitrogen and oxygen atoms in total. The molecule has 3 atom stereocenters. The van der Waals surface area contributed by atoms with Crippen LogP contribution in [0.1, 0.15) is 40.6 Å². The molecular weight excluding hydrogens is 511 g/mol. The lowest BCUT2D eigenvalue weighted by Gasteiger charge is -2.27. The molecule has 4 aromatic carbocycles. The molecule has 0 aliphatic carbocycles. The van der Waals surface area contributed by atoms with Crippen LogP contribution >= 0.6 is 23.2 Å². The average molecular weight is 535 g/mol. The van der Waals surface area contributed by atoms with Crippen molar-refractivity contribution >= 4 is 46.2 Å². The molecule has 0 spiro atoms. The zero-order chi connectivity index (χ0) is 26.1. The molecular formula is C29H24Cl2N2O4. The number of hydrogen-bond acceptors (Lipinski definition) is 5. The number of benzene rings is 4. The zero-order valence-electron chi connectivity index (χ0n) is 19.6. The maximum Gasteiger partial charge on any atom is 0.311 e. The summed E-state index contributed by atoms with van der Waals surface area (Å²) < 4.78 is 0. The van der Waals surface area contributed by atoms with Gasteiger partial charge in [0, 0.05) is 22.5 Å². The highest BCUT2D eigenvalue weighted by atomic mass is 35.5. The molecule has 1 aliphatic heterocycles. The molecule has 4 aromatic rings. The second-order valence-corrected chi connectivity index (χ2v) is 9.67. The van der Waals surface area contributed by atoms with Crippen LogP contribution in [0.3, 0.4) is 0 Å². The summed E-state index contributed by atoms with van der Waals surface area (Å²) in [6.45, 7) is 0. The van der Waals surface area contributed by atoms with Crippen molar-refractivity contribution in [2.45, 2.75) is 24.8 Å². The maximum absolute atomic E-state index is 12.5. The standard InChI is InChI=1S/C29H24Cl2N2O4/c30-23-12-6-13-24(31)26(23)32-25-14-4-3-9-19(25)22(29(36)37)16-17-7-5-8-18(15-17)33-27(34)20-10-1-2-11-21(20)28(33)35/h1-15,22,27-28,32,34-35H,16H2,(H,36,37). The number of carbonyl (C=O) groups is 1. The minimum absolute atomic E-state index is 0.186. The van der Waals surface area contributed by atoms with Crippen molar-refractivity contribution in [3.8, 4) is 0 Å². The first-order valence-electron chi connectivity index (χ1n) is 11.7. The van der Waals surface area contributed by atoms with Gasteiger partial charge < -0.3 is 25.5 Å². The molecule has 37 heavy (non-hydrogen) atoms. The molecule has 0 fully saturated rings. The van der Waals surface area contributed by atoms with E-state index in [9.17, 15) is 20.1 Å². The van der Waals surface area contributed by atoms with Crippen molar-refractivity contribution in [1.29, 1.82) is 0 Å². The molecule has 8 heteroatoms. The SMILES string of the molecule is O=C(O)C(Cc1cccc(N2C(O)c3ccccc3C2O)c1)c1ccccc1Nc1c(Cl)cccc1Cl. The monoisotopic (exact) mass is 534 g/mol. The number of hydrogen-bond donors (Lipinski definition) is 4. The van der Waals surface area contributed by atoms with E-state index in [4.69, 9.17) is 23.2 Å². The van der Waals surface area contributed by atoms with E-state index < -0.39 is 24.3 Å². The van der Waals surface area contributed by atoms with Gasteiger partial charge in [-0.15, -0.1) is 0 Å². The predicted molar refractivity (Wildman–Crippen MR) is 146 cm³/mol. The van der Waals surface area contributed by atoms with Gasteiger partial charge in [0.15, 0.2) is 12.5 Å². The van der Waals surface area contributed by atoms with Crippen LogP contribution in [0.2, 0.25) is 10.0 Å². The first kappa shape index (κ1) is 25.1. The first-order chi connectivity index (χ1) is 17.8. The summed E-state index contributed by atoms with van der Waals surface area (Å²) in [6.07, 6.45) is -1.84. The van der Waals surface area contributed by atoms with E-state index >= 15 is 0 Å². The van der Waals surface area contributed by atoms with Gasteiger partial charge in [-0.2, -0.15) is 0 Å². The lowest BCUT2D eigenvalue weighted by atomic mass is 9.90. The molecule has 0 saturated heterocycles. The Hall–Kier alpha value is -3.55. The van der Waals surface area contributed by atoms with Crippen LogP contribution in [0.15, 0.2) is 91.0 Å².